The first kappa shape index (κ1) is 18.2. The van der Waals surface area contributed by atoms with Crippen LogP contribution in [0, 0.1) is 0 Å². The summed E-state index contributed by atoms with van der Waals surface area (Å²) in [6, 6.07) is 2.60. The van der Waals surface area contributed by atoms with Crippen molar-refractivity contribution < 1.29 is 4.74 Å². The Morgan fingerprint density at radius 1 is 1.24 bits per heavy atom. The molecule has 0 bridgehead atoms. The summed E-state index contributed by atoms with van der Waals surface area (Å²) in [4.78, 5) is 0. The molecule has 0 saturated carbocycles. The highest BCUT2D eigenvalue weighted by Gasteiger charge is 2.22. The van der Waals surface area contributed by atoms with E-state index in [1.165, 1.54) is 11.4 Å². The van der Waals surface area contributed by atoms with Crippen molar-refractivity contribution in [3.05, 3.63) is 17.5 Å². The van der Waals surface area contributed by atoms with Crippen molar-refractivity contribution in [2.45, 2.75) is 71.9 Å². The standard InChI is InChI=1S/C17H33N3O/c1-6-10-17(21-9-4)16(18-11-7-2)13-15-12-14(8-3)19-20(15)5/h12,16-18H,6-11,13H2,1-5H3. The van der Waals surface area contributed by atoms with Crippen molar-refractivity contribution in [1.82, 2.24) is 15.1 Å². The van der Waals surface area contributed by atoms with E-state index in [1.54, 1.807) is 0 Å². The SMILES string of the molecule is CCCNC(Cc1cc(CC)nn1C)C(CCC)OCC. The molecule has 0 aliphatic carbocycles. The van der Waals surface area contributed by atoms with E-state index in [-0.39, 0.29) is 6.10 Å². The summed E-state index contributed by atoms with van der Waals surface area (Å²) >= 11 is 0. The summed E-state index contributed by atoms with van der Waals surface area (Å²) in [6.07, 6.45) is 5.66. The van der Waals surface area contributed by atoms with Crippen LogP contribution in [0.4, 0.5) is 0 Å². The Morgan fingerprint density at radius 2 is 2.00 bits per heavy atom. The lowest BCUT2D eigenvalue weighted by molar-refractivity contribution is 0.0277. The summed E-state index contributed by atoms with van der Waals surface area (Å²) in [6.45, 7) is 10.5. The minimum atomic E-state index is 0.284. The van der Waals surface area contributed by atoms with Gasteiger partial charge in [-0.25, -0.2) is 0 Å². The third-order valence-corrected chi connectivity index (χ3v) is 3.88. The molecule has 1 heterocycles. The zero-order valence-electron chi connectivity index (χ0n) is 14.5. The fourth-order valence-electron chi connectivity index (χ4n) is 2.72. The minimum Gasteiger partial charge on any atom is -0.377 e. The van der Waals surface area contributed by atoms with Gasteiger partial charge in [-0.1, -0.05) is 27.2 Å². The topological polar surface area (TPSA) is 39.1 Å². The van der Waals surface area contributed by atoms with Crippen LogP contribution in [0.25, 0.3) is 0 Å². The molecule has 1 aromatic rings. The smallest absolute Gasteiger partial charge is 0.0731 e. The first-order chi connectivity index (χ1) is 10.2. The Morgan fingerprint density at radius 3 is 2.52 bits per heavy atom. The van der Waals surface area contributed by atoms with Gasteiger partial charge in [0.15, 0.2) is 0 Å². The molecule has 0 amide bonds. The minimum absolute atomic E-state index is 0.284. The van der Waals surface area contributed by atoms with Gasteiger partial charge in [0.05, 0.1) is 11.8 Å². The fraction of sp³-hybridized carbons (Fsp3) is 0.824. The Kier molecular flexibility index (Phi) is 8.62. The van der Waals surface area contributed by atoms with Crippen LogP contribution in [0.3, 0.4) is 0 Å². The number of rotatable bonds is 11. The highest BCUT2D eigenvalue weighted by molar-refractivity contribution is 5.12. The molecule has 0 aliphatic heterocycles. The first-order valence-electron chi connectivity index (χ1n) is 8.52. The van der Waals surface area contributed by atoms with Gasteiger partial charge in [0.1, 0.15) is 0 Å². The molecule has 0 aromatic carbocycles. The molecule has 2 unspecified atom stereocenters. The maximum Gasteiger partial charge on any atom is 0.0731 e. The Bertz CT molecular complexity index is 383. The third kappa shape index (κ3) is 5.79. The van der Waals surface area contributed by atoms with Crippen LogP contribution in [0.5, 0.6) is 0 Å². The highest BCUT2D eigenvalue weighted by Crippen LogP contribution is 2.14. The molecule has 0 radical (unpaired) electrons. The maximum absolute atomic E-state index is 5.99. The van der Waals surface area contributed by atoms with Crippen molar-refractivity contribution in [2.75, 3.05) is 13.2 Å². The van der Waals surface area contributed by atoms with Crippen LogP contribution in [0.15, 0.2) is 6.07 Å². The van der Waals surface area contributed by atoms with Crippen molar-refractivity contribution in [1.29, 1.82) is 0 Å². The first-order valence-corrected chi connectivity index (χ1v) is 8.52. The predicted octanol–water partition coefficient (Wildman–Crippen LogP) is 3.10. The molecule has 1 N–H and O–H groups in total. The van der Waals surface area contributed by atoms with Gasteiger partial charge in [0, 0.05) is 31.8 Å². The molecule has 0 spiro atoms. The summed E-state index contributed by atoms with van der Waals surface area (Å²) < 4.78 is 8.02. The lowest BCUT2D eigenvalue weighted by atomic mass is 10.0. The van der Waals surface area contributed by atoms with E-state index >= 15 is 0 Å². The molecule has 0 saturated heterocycles. The van der Waals surface area contributed by atoms with Gasteiger partial charge in [-0.2, -0.15) is 5.10 Å². The molecule has 0 fully saturated rings. The maximum atomic E-state index is 5.99. The number of nitrogens with zero attached hydrogens (tertiary/aromatic N) is 2. The lowest BCUT2D eigenvalue weighted by Crippen LogP contribution is -2.43. The average Bonchev–Trinajstić information content (AvgIpc) is 2.83. The van der Waals surface area contributed by atoms with Gasteiger partial charge in [-0.3, -0.25) is 4.68 Å². The molecule has 0 aliphatic rings. The monoisotopic (exact) mass is 295 g/mol. The summed E-state index contributed by atoms with van der Waals surface area (Å²) in [5.74, 6) is 0. The van der Waals surface area contributed by atoms with E-state index in [2.05, 4.69) is 44.2 Å². The Balaban J connectivity index is 2.81. The van der Waals surface area contributed by atoms with E-state index in [0.717, 1.165) is 45.3 Å². The molecule has 1 rings (SSSR count). The molecular weight excluding hydrogens is 262 g/mol. The fourth-order valence-corrected chi connectivity index (χ4v) is 2.72. The molecule has 1 aromatic heterocycles. The van der Waals surface area contributed by atoms with E-state index in [4.69, 9.17) is 4.74 Å². The van der Waals surface area contributed by atoms with E-state index < -0.39 is 0 Å². The van der Waals surface area contributed by atoms with Crippen LogP contribution in [0.1, 0.15) is 58.3 Å². The number of nitrogens with one attached hydrogen (secondary N) is 1. The number of aryl methyl sites for hydroxylation is 2. The quantitative estimate of drug-likeness (QED) is 0.682. The molecular formula is C17H33N3O. The zero-order valence-corrected chi connectivity index (χ0v) is 14.5. The van der Waals surface area contributed by atoms with Gasteiger partial charge in [0.25, 0.3) is 0 Å². The second-order valence-corrected chi connectivity index (χ2v) is 5.65. The van der Waals surface area contributed by atoms with Crippen molar-refractivity contribution >= 4 is 0 Å². The largest absolute Gasteiger partial charge is 0.377 e. The van der Waals surface area contributed by atoms with Gasteiger partial charge in [-0.15, -0.1) is 0 Å². The second-order valence-electron chi connectivity index (χ2n) is 5.65. The second kappa shape index (κ2) is 9.96. The van der Waals surface area contributed by atoms with Gasteiger partial charge < -0.3 is 10.1 Å². The number of hydrogen-bond donors (Lipinski definition) is 1. The Hall–Kier alpha value is -0.870. The van der Waals surface area contributed by atoms with Crippen LogP contribution < -0.4 is 5.32 Å². The highest BCUT2D eigenvalue weighted by atomic mass is 16.5. The van der Waals surface area contributed by atoms with Gasteiger partial charge in [0.2, 0.25) is 0 Å². The Labute approximate surface area is 130 Å². The number of ether oxygens (including phenoxy) is 1. The number of aromatic nitrogens is 2. The number of hydrogen-bond acceptors (Lipinski definition) is 3. The van der Waals surface area contributed by atoms with Crippen LogP contribution in [-0.4, -0.2) is 35.1 Å². The molecule has 2 atom stereocenters. The van der Waals surface area contributed by atoms with Gasteiger partial charge >= 0.3 is 0 Å². The van der Waals surface area contributed by atoms with Crippen LogP contribution >= 0.6 is 0 Å². The molecule has 21 heavy (non-hydrogen) atoms. The van der Waals surface area contributed by atoms with Crippen LogP contribution in [-0.2, 0) is 24.6 Å². The lowest BCUT2D eigenvalue weighted by Gasteiger charge is -2.28. The van der Waals surface area contributed by atoms with E-state index in [9.17, 15) is 0 Å². The molecule has 4 heteroatoms. The normalized spacial score (nSPS) is 14.3. The molecule has 4 nitrogen and oxygen atoms in total. The van der Waals surface area contributed by atoms with Crippen molar-refractivity contribution in [3.63, 3.8) is 0 Å². The third-order valence-electron chi connectivity index (χ3n) is 3.88. The van der Waals surface area contributed by atoms with E-state index in [0.29, 0.717) is 6.04 Å². The summed E-state index contributed by atoms with van der Waals surface area (Å²) in [5, 5.41) is 8.24. The summed E-state index contributed by atoms with van der Waals surface area (Å²) in [7, 11) is 2.04. The molecule has 122 valence electrons. The van der Waals surface area contributed by atoms with Crippen LogP contribution in [0.2, 0.25) is 0 Å². The van der Waals surface area contributed by atoms with Crippen molar-refractivity contribution in [3.8, 4) is 0 Å². The predicted molar refractivity (Wildman–Crippen MR) is 88.7 cm³/mol. The van der Waals surface area contributed by atoms with Gasteiger partial charge in [-0.05, 0) is 38.8 Å². The zero-order chi connectivity index (χ0) is 15.7. The summed E-state index contributed by atoms with van der Waals surface area (Å²) in [5.41, 5.74) is 2.46. The average molecular weight is 295 g/mol. The van der Waals surface area contributed by atoms with Crippen molar-refractivity contribution in [2.24, 2.45) is 7.05 Å². The van der Waals surface area contributed by atoms with E-state index in [1.807, 2.05) is 11.7 Å².